The Morgan fingerprint density at radius 3 is 2.65 bits per heavy atom. The van der Waals surface area contributed by atoms with E-state index >= 15 is 0 Å². The van der Waals surface area contributed by atoms with Crippen LogP contribution in [0.25, 0.3) is 0 Å². The number of nitrogens with zero attached hydrogens (tertiary/aromatic N) is 1. The second kappa shape index (κ2) is 9.78. The number of nitriles is 1. The van der Waals surface area contributed by atoms with Gasteiger partial charge in [0.15, 0.2) is 5.76 Å². The van der Waals surface area contributed by atoms with Crippen molar-refractivity contribution >= 4 is 5.91 Å². The summed E-state index contributed by atoms with van der Waals surface area (Å²) in [6.45, 7) is 1.87. The van der Waals surface area contributed by atoms with E-state index in [2.05, 4.69) is 11.4 Å². The van der Waals surface area contributed by atoms with Crippen LogP contribution >= 0.6 is 0 Å². The van der Waals surface area contributed by atoms with Gasteiger partial charge < -0.3 is 14.5 Å². The molecule has 1 aromatic heterocycles. The van der Waals surface area contributed by atoms with Gasteiger partial charge in [0.05, 0.1) is 12.7 Å². The van der Waals surface area contributed by atoms with Gasteiger partial charge in [-0.05, 0) is 56.6 Å². The zero-order valence-corrected chi connectivity index (χ0v) is 15.5. The summed E-state index contributed by atoms with van der Waals surface area (Å²) >= 11 is 0. The molecular weight excluding hydrogens is 328 g/mol. The van der Waals surface area contributed by atoms with E-state index in [-0.39, 0.29) is 11.8 Å². The highest BCUT2D eigenvalue weighted by molar-refractivity contribution is 5.91. The molecule has 1 amide bonds. The zero-order valence-electron chi connectivity index (χ0n) is 15.5. The molecule has 142 valence electrons. The number of hydrogen-bond acceptors (Lipinski definition) is 4. The summed E-state index contributed by atoms with van der Waals surface area (Å²) in [5, 5.41) is 11.9. The Labute approximate surface area is 156 Å². The molecule has 0 aliphatic heterocycles. The van der Waals surface area contributed by atoms with Crippen LogP contribution in [0.15, 0.2) is 16.5 Å². The summed E-state index contributed by atoms with van der Waals surface area (Å²) in [7, 11) is 0. The maximum atomic E-state index is 12.2. The smallest absolute Gasteiger partial charge is 0.287 e. The number of rotatable bonds is 7. The largest absolute Gasteiger partial charge is 0.456 e. The van der Waals surface area contributed by atoms with E-state index in [9.17, 15) is 4.79 Å². The van der Waals surface area contributed by atoms with Gasteiger partial charge in [-0.2, -0.15) is 5.26 Å². The van der Waals surface area contributed by atoms with Crippen LogP contribution < -0.4 is 5.32 Å². The minimum atomic E-state index is -0.178. The third kappa shape index (κ3) is 5.35. The molecule has 3 rings (SSSR count). The Bertz CT molecular complexity index is 605. The van der Waals surface area contributed by atoms with E-state index in [4.69, 9.17) is 14.4 Å². The van der Waals surface area contributed by atoms with Crippen molar-refractivity contribution in [2.45, 2.75) is 63.7 Å². The maximum Gasteiger partial charge on any atom is 0.287 e. The lowest BCUT2D eigenvalue weighted by atomic mass is 9.82. The van der Waals surface area contributed by atoms with Gasteiger partial charge in [-0.3, -0.25) is 4.79 Å². The number of hydrogen-bond donors (Lipinski definition) is 1. The summed E-state index contributed by atoms with van der Waals surface area (Å²) in [6, 6.07) is 6.01. The minimum Gasteiger partial charge on any atom is -0.456 e. The Kier molecular flexibility index (Phi) is 7.13. The minimum absolute atomic E-state index is 0.178. The average Bonchev–Trinajstić information content (AvgIpc) is 3.19. The molecule has 26 heavy (non-hydrogen) atoms. The van der Waals surface area contributed by atoms with Gasteiger partial charge in [0.25, 0.3) is 5.91 Å². The fraction of sp³-hybridized carbons (Fsp3) is 0.714. The fourth-order valence-corrected chi connectivity index (χ4v) is 4.13. The fourth-order valence-electron chi connectivity index (χ4n) is 4.13. The molecule has 0 radical (unpaired) electrons. The highest BCUT2D eigenvalue weighted by Crippen LogP contribution is 2.36. The Morgan fingerprint density at radius 1 is 1.15 bits per heavy atom. The van der Waals surface area contributed by atoms with Crippen molar-refractivity contribution < 1.29 is 13.9 Å². The Hall–Kier alpha value is -1.80. The predicted molar refractivity (Wildman–Crippen MR) is 98.7 cm³/mol. The van der Waals surface area contributed by atoms with E-state index in [1.165, 1.54) is 32.1 Å². The summed E-state index contributed by atoms with van der Waals surface area (Å²) in [5.74, 6) is 2.28. The molecule has 2 fully saturated rings. The lowest BCUT2D eigenvalue weighted by Gasteiger charge is -2.22. The third-order valence-electron chi connectivity index (χ3n) is 5.77. The highest BCUT2D eigenvalue weighted by Gasteiger charge is 2.25. The molecule has 0 spiro atoms. The number of carbonyl (C=O) groups is 1. The third-order valence-corrected chi connectivity index (χ3v) is 5.77. The molecule has 0 bridgehead atoms. The van der Waals surface area contributed by atoms with Crippen molar-refractivity contribution in [1.82, 2.24) is 5.32 Å². The van der Waals surface area contributed by atoms with Crippen LogP contribution in [0.1, 0.15) is 80.0 Å². The highest BCUT2D eigenvalue weighted by atomic mass is 16.5. The van der Waals surface area contributed by atoms with Crippen LogP contribution in [0.3, 0.4) is 0 Å². The quantitative estimate of drug-likeness (QED) is 0.733. The summed E-state index contributed by atoms with van der Waals surface area (Å²) < 4.78 is 11.5. The Morgan fingerprint density at radius 2 is 1.92 bits per heavy atom. The SMILES string of the molecule is N#CC1CCC(c2ccc(C(=O)NCCOCC3CCCCC3)o2)CC1. The van der Waals surface area contributed by atoms with Crippen molar-refractivity contribution in [3.63, 3.8) is 0 Å². The van der Waals surface area contributed by atoms with Gasteiger partial charge in [-0.15, -0.1) is 0 Å². The molecule has 5 nitrogen and oxygen atoms in total. The van der Waals surface area contributed by atoms with Gasteiger partial charge in [0.2, 0.25) is 0 Å². The van der Waals surface area contributed by atoms with E-state index in [0.29, 0.717) is 30.7 Å². The molecule has 0 aromatic carbocycles. The number of furan rings is 1. The maximum absolute atomic E-state index is 12.2. The predicted octanol–water partition coefficient (Wildman–Crippen LogP) is 4.40. The molecule has 1 aromatic rings. The number of ether oxygens (including phenoxy) is 1. The normalized spacial score (nSPS) is 24.1. The van der Waals surface area contributed by atoms with Crippen LogP contribution in [-0.2, 0) is 4.74 Å². The van der Waals surface area contributed by atoms with E-state index in [0.717, 1.165) is 38.1 Å². The van der Waals surface area contributed by atoms with Gasteiger partial charge >= 0.3 is 0 Å². The molecule has 1 heterocycles. The second-order valence-electron chi connectivity index (χ2n) is 7.71. The van der Waals surface area contributed by atoms with Crippen LogP contribution in [0, 0.1) is 23.2 Å². The zero-order chi connectivity index (χ0) is 18.2. The standard InChI is InChI=1S/C21H30N2O3/c22-14-16-6-8-18(9-7-16)19-10-11-20(26-19)21(24)23-12-13-25-15-17-4-2-1-3-5-17/h10-11,16-18H,1-9,12-13,15H2,(H,23,24). The summed E-state index contributed by atoms with van der Waals surface area (Å²) in [6.07, 6.45) is 10.3. The molecule has 0 saturated heterocycles. The van der Waals surface area contributed by atoms with Crippen molar-refractivity contribution in [3.8, 4) is 6.07 Å². The number of nitrogens with one attached hydrogen (secondary N) is 1. The van der Waals surface area contributed by atoms with Crippen LogP contribution in [0.4, 0.5) is 0 Å². The van der Waals surface area contributed by atoms with Crippen LogP contribution in [0.2, 0.25) is 0 Å². The first-order valence-corrected chi connectivity index (χ1v) is 10.1. The Balaban J connectivity index is 1.35. The number of amides is 1. The van der Waals surface area contributed by atoms with Crippen molar-refractivity contribution in [2.75, 3.05) is 19.8 Å². The first kappa shape index (κ1) is 19.0. The molecule has 0 atom stereocenters. The molecular formula is C21H30N2O3. The second-order valence-corrected chi connectivity index (χ2v) is 7.71. The molecule has 2 aliphatic rings. The first-order chi connectivity index (χ1) is 12.8. The van der Waals surface area contributed by atoms with Gasteiger partial charge in [-0.25, -0.2) is 0 Å². The lowest BCUT2D eigenvalue weighted by molar-refractivity contribution is 0.0781. The topological polar surface area (TPSA) is 75.3 Å². The van der Waals surface area contributed by atoms with Gasteiger partial charge in [-0.1, -0.05) is 19.3 Å². The summed E-state index contributed by atoms with van der Waals surface area (Å²) in [4.78, 5) is 12.2. The van der Waals surface area contributed by atoms with Crippen LogP contribution in [0.5, 0.6) is 0 Å². The van der Waals surface area contributed by atoms with Crippen molar-refractivity contribution in [2.24, 2.45) is 11.8 Å². The van der Waals surface area contributed by atoms with Gasteiger partial charge in [0, 0.05) is 25.0 Å². The van der Waals surface area contributed by atoms with E-state index in [1.54, 1.807) is 6.07 Å². The average molecular weight is 358 g/mol. The van der Waals surface area contributed by atoms with E-state index in [1.807, 2.05) is 6.07 Å². The van der Waals surface area contributed by atoms with Crippen molar-refractivity contribution in [3.05, 3.63) is 23.7 Å². The lowest BCUT2D eigenvalue weighted by Crippen LogP contribution is -2.27. The molecule has 1 N–H and O–H groups in total. The van der Waals surface area contributed by atoms with Gasteiger partial charge in [0.1, 0.15) is 5.76 Å². The molecule has 2 aliphatic carbocycles. The van der Waals surface area contributed by atoms with Crippen molar-refractivity contribution in [1.29, 1.82) is 5.26 Å². The number of carbonyl (C=O) groups excluding carboxylic acids is 1. The van der Waals surface area contributed by atoms with Crippen LogP contribution in [-0.4, -0.2) is 25.7 Å². The summed E-state index contributed by atoms with van der Waals surface area (Å²) in [5.41, 5.74) is 0. The van der Waals surface area contributed by atoms with E-state index < -0.39 is 0 Å². The monoisotopic (exact) mass is 358 g/mol. The first-order valence-electron chi connectivity index (χ1n) is 10.1. The molecule has 5 heteroatoms. The molecule has 0 unspecified atom stereocenters. The molecule has 2 saturated carbocycles.